The molecule has 0 saturated carbocycles. The molecule has 0 unspecified atom stereocenters. The number of carbonyl (C=O) groups is 3. The first-order chi connectivity index (χ1) is 12.7. The van der Waals surface area contributed by atoms with Crippen molar-refractivity contribution in [2.24, 2.45) is 5.73 Å². The minimum Gasteiger partial charge on any atom is -0.366 e. The first-order valence-electron chi connectivity index (χ1n) is 9.01. The second kappa shape index (κ2) is 8.62. The van der Waals surface area contributed by atoms with Gasteiger partial charge in [-0.3, -0.25) is 14.4 Å². The zero-order valence-electron chi connectivity index (χ0n) is 16.3. The van der Waals surface area contributed by atoms with Crippen LogP contribution < -0.4 is 11.1 Å². The summed E-state index contributed by atoms with van der Waals surface area (Å²) in [4.78, 5) is 36.1. The molecule has 0 atom stereocenters. The predicted molar refractivity (Wildman–Crippen MR) is 107 cm³/mol. The van der Waals surface area contributed by atoms with E-state index < -0.39 is 5.91 Å². The summed E-state index contributed by atoms with van der Waals surface area (Å²) in [6.45, 7) is 7.62. The maximum Gasteiger partial charge on any atom is 0.249 e. The number of benzene rings is 2. The third-order valence-electron chi connectivity index (χ3n) is 4.64. The number of nitrogens with two attached hydrogens (primary N) is 1. The molecular formula is C22H26N2O3. The number of anilines is 1. The van der Waals surface area contributed by atoms with E-state index in [1.165, 1.54) is 0 Å². The van der Waals surface area contributed by atoms with Gasteiger partial charge >= 0.3 is 0 Å². The molecule has 27 heavy (non-hydrogen) atoms. The van der Waals surface area contributed by atoms with Crippen LogP contribution in [0.1, 0.15) is 62.2 Å². The molecule has 2 rings (SSSR count). The van der Waals surface area contributed by atoms with E-state index >= 15 is 0 Å². The summed E-state index contributed by atoms with van der Waals surface area (Å²) in [5.74, 6) is -0.660. The Morgan fingerprint density at radius 3 is 2.19 bits per heavy atom. The van der Waals surface area contributed by atoms with Crippen LogP contribution in [0.3, 0.4) is 0 Å². The van der Waals surface area contributed by atoms with Gasteiger partial charge < -0.3 is 11.1 Å². The third kappa shape index (κ3) is 5.03. The van der Waals surface area contributed by atoms with E-state index in [1.807, 2.05) is 32.9 Å². The fraction of sp³-hybridized carbons (Fsp3) is 0.318. The maximum atomic E-state index is 12.5. The van der Waals surface area contributed by atoms with Crippen molar-refractivity contribution < 1.29 is 14.4 Å². The van der Waals surface area contributed by atoms with Gasteiger partial charge in [-0.1, -0.05) is 23.8 Å². The first kappa shape index (κ1) is 20.4. The van der Waals surface area contributed by atoms with Gasteiger partial charge in [-0.15, -0.1) is 0 Å². The van der Waals surface area contributed by atoms with Gasteiger partial charge in [-0.05, 0) is 62.9 Å². The Balaban J connectivity index is 1.95. The third-order valence-corrected chi connectivity index (χ3v) is 4.64. The number of aryl methyl sites for hydroxylation is 3. The number of rotatable bonds is 7. The number of ketones is 1. The van der Waals surface area contributed by atoms with Gasteiger partial charge in [0.15, 0.2) is 5.78 Å². The number of amides is 2. The molecule has 2 aromatic rings. The topological polar surface area (TPSA) is 89.3 Å². The largest absolute Gasteiger partial charge is 0.366 e. The zero-order valence-corrected chi connectivity index (χ0v) is 16.3. The molecule has 0 bridgehead atoms. The van der Waals surface area contributed by atoms with Crippen molar-refractivity contribution in [3.05, 3.63) is 63.7 Å². The Hall–Kier alpha value is -2.95. The number of nitrogens with one attached hydrogen (secondary N) is 1. The summed E-state index contributed by atoms with van der Waals surface area (Å²) >= 11 is 0. The van der Waals surface area contributed by atoms with Crippen molar-refractivity contribution in [1.29, 1.82) is 0 Å². The quantitative estimate of drug-likeness (QED) is 0.726. The summed E-state index contributed by atoms with van der Waals surface area (Å²) in [7, 11) is 0. The molecule has 0 aliphatic rings. The molecule has 0 radical (unpaired) electrons. The molecule has 0 heterocycles. The van der Waals surface area contributed by atoms with Crippen LogP contribution in [0.4, 0.5) is 5.69 Å². The van der Waals surface area contributed by atoms with Crippen LogP contribution in [-0.2, 0) is 4.79 Å². The summed E-state index contributed by atoms with van der Waals surface area (Å²) in [5.41, 5.74) is 10.7. The summed E-state index contributed by atoms with van der Waals surface area (Å²) < 4.78 is 0. The fourth-order valence-corrected chi connectivity index (χ4v) is 3.41. The number of primary amides is 1. The van der Waals surface area contributed by atoms with E-state index in [1.54, 1.807) is 25.1 Å². The van der Waals surface area contributed by atoms with E-state index in [2.05, 4.69) is 5.32 Å². The highest BCUT2D eigenvalue weighted by Crippen LogP contribution is 2.21. The molecule has 142 valence electrons. The Labute approximate surface area is 160 Å². The first-order valence-corrected chi connectivity index (χ1v) is 9.01. The lowest BCUT2D eigenvalue weighted by Gasteiger charge is -2.12. The van der Waals surface area contributed by atoms with E-state index in [0.717, 1.165) is 22.3 Å². The van der Waals surface area contributed by atoms with Crippen molar-refractivity contribution >= 4 is 23.3 Å². The molecule has 0 fully saturated rings. The lowest BCUT2D eigenvalue weighted by atomic mass is 9.94. The molecule has 0 aliphatic carbocycles. The van der Waals surface area contributed by atoms with Crippen LogP contribution in [-0.4, -0.2) is 17.6 Å². The van der Waals surface area contributed by atoms with Gasteiger partial charge in [0.1, 0.15) is 0 Å². The number of Topliss-reactive ketones (excluding diaryl/α,β-unsaturated/α-hetero) is 1. The van der Waals surface area contributed by atoms with Crippen LogP contribution >= 0.6 is 0 Å². The molecule has 0 spiro atoms. The highest BCUT2D eigenvalue weighted by atomic mass is 16.2. The standard InChI is InChI=1S/C22H26N2O3/c1-13-11-14(2)21(15(3)12-13)19(25)9-6-10-20(26)24-18-8-5-7-17(16(18)4)22(23)27/h5,7-8,11-12H,6,9-10H2,1-4H3,(H2,23,27)(H,24,26). The van der Waals surface area contributed by atoms with E-state index in [9.17, 15) is 14.4 Å². The maximum absolute atomic E-state index is 12.5. The molecule has 0 aromatic heterocycles. The van der Waals surface area contributed by atoms with E-state index in [0.29, 0.717) is 29.7 Å². The molecule has 0 saturated heterocycles. The number of hydrogen-bond donors (Lipinski definition) is 2. The highest BCUT2D eigenvalue weighted by Gasteiger charge is 2.14. The monoisotopic (exact) mass is 366 g/mol. The predicted octanol–water partition coefficient (Wildman–Crippen LogP) is 4.01. The summed E-state index contributed by atoms with van der Waals surface area (Å²) in [6.07, 6.45) is 1.01. The van der Waals surface area contributed by atoms with Crippen molar-refractivity contribution in [3.8, 4) is 0 Å². The molecule has 5 nitrogen and oxygen atoms in total. The van der Waals surface area contributed by atoms with Crippen molar-refractivity contribution in [1.82, 2.24) is 0 Å². The van der Waals surface area contributed by atoms with E-state index in [-0.39, 0.29) is 18.1 Å². The SMILES string of the molecule is Cc1cc(C)c(C(=O)CCCC(=O)Nc2cccc(C(N)=O)c2C)c(C)c1. The van der Waals surface area contributed by atoms with Crippen molar-refractivity contribution in [3.63, 3.8) is 0 Å². The summed E-state index contributed by atoms with van der Waals surface area (Å²) in [5, 5.41) is 2.79. The highest BCUT2D eigenvalue weighted by molar-refractivity contribution is 6.00. The summed E-state index contributed by atoms with van der Waals surface area (Å²) in [6, 6.07) is 9.03. The second-order valence-electron chi connectivity index (χ2n) is 6.94. The minimum absolute atomic E-state index is 0.0599. The van der Waals surface area contributed by atoms with Crippen molar-refractivity contribution in [2.75, 3.05) is 5.32 Å². The fourth-order valence-electron chi connectivity index (χ4n) is 3.41. The van der Waals surface area contributed by atoms with Gasteiger partial charge in [0.05, 0.1) is 0 Å². The van der Waals surface area contributed by atoms with Gasteiger partial charge in [0, 0.05) is 29.7 Å². The molecule has 3 N–H and O–H groups in total. The van der Waals surface area contributed by atoms with Crippen LogP contribution in [0.25, 0.3) is 0 Å². The minimum atomic E-state index is -0.530. The average Bonchev–Trinajstić information content (AvgIpc) is 2.55. The second-order valence-corrected chi connectivity index (χ2v) is 6.94. The number of hydrogen-bond acceptors (Lipinski definition) is 3. The molecule has 2 aromatic carbocycles. The van der Waals surface area contributed by atoms with Crippen LogP contribution in [0.5, 0.6) is 0 Å². The normalized spacial score (nSPS) is 10.5. The number of carbonyl (C=O) groups excluding carboxylic acids is 3. The van der Waals surface area contributed by atoms with Gasteiger partial charge in [0.25, 0.3) is 0 Å². The van der Waals surface area contributed by atoms with Gasteiger partial charge in [0.2, 0.25) is 11.8 Å². The van der Waals surface area contributed by atoms with Gasteiger partial charge in [-0.2, -0.15) is 0 Å². The average molecular weight is 366 g/mol. The zero-order chi connectivity index (χ0) is 20.1. The van der Waals surface area contributed by atoms with E-state index in [4.69, 9.17) is 5.73 Å². The smallest absolute Gasteiger partial charge is 0.249 e. The molecule has 0 aliphatic heterocycles. The Morgan fingerprint density at radius 2 is 1.59 bits per heavy atom. The van der Waals surface area contributed by atoms with Crippen LogP contribution in [0.2, 0.25) is 0 Å². The molecule has 5 heteroatoms. The Bertz CT molecular complexity index is 877. The lowest BCUT2D eigenvalue weighted by Crippen LogP contribution is -2.17. The Morgan fingerprint density at radius 1 is 0.963 bits per heavy atom. The molecular weight excluding hydrogens is 340 g/mol. The molecule has 2 amide bonds. The van der Waals surface area contributed by atoms with Gasteiger partial charge in [-0.25, -0.2) is 0 Å². The van der Waals surface area contributed by atoms with Crippen LogP contribution in [0.15, 0.2) is 30.3 Å². The lowest BCUT2D eigenvalue weighted by molar-refractivity contribution is -0.116. The Kier molecular flexibility index (Phi) is 6.50. The van der Waals surface area contributed by atoms with Crippen molar-refractivity contribution in [2.45, 2.75) is 47.0 Å². The van der Waals surface area contributed by atoms with Crippen LogP contribution in [0, 0.1) is 27.7 Å².